The van der Waals surface area contributed by atoms with Gasteiger partial charge in [0.2, 0.25) is 0 Å². The van der Waals surface area contributed by atoms with Crippen molar-refractivity contribution in [2.45, 2.75) is 37.8 Å². The van der Waals surface area contributed by atoms with Crippen molar-refractivity contribution < 1.29 is 14.5 Å². The first-order valence-electron chi connectivity index (χ1n) is 5.66. The first kappa shape index (κ1) is 16.0. The summed E-state index contributed by atoms with van der Waals surface area (Å²) in [6.45, 7) is 5.15. The Bertz CT molecular complexity index is 453. The molecule has 0 aromatic rings. The van der Waals surface area contributed by atoms with E-state index in [1.54, 1.807) is 20.8 Å². The molecule has 5 nitrogen and oxygen atoms in total. The van der Waals surface area contributed by atoms with Gasteiger partial charge in [-0.25, -0.2) is 0 Å². The van der Waals surface area contributed by atoms with Crippen LogP contribution < -0.4 is 0 Å². The predicted molar refractivity (Wildman–Crippen MR) is 72.6 cm³/mol. The van der Waals surface area contributed by atoms with Crippen LogP contribution in [0, 0.1) is 16.0 Å². The monoisotopic (exact) mass is 307 g/mol. The van der Waals surface area contributed by atoms with Crippen LogP contribution in [-0.4, -0.2) is 21.5 Å². The first-order chi connectivity index (χ1) is 8.54. The maximum Gasteiger partial charge on any atom is 0.320 e. The lowest BCUT2D eigenvalue weighted by Crippen LogP contribution is -2.40. The van der Waals surface area contributed by atoms with E-state index in [0.717, 1.165) is 0 Å². The third kappa shape index (κ3) is 4.21. The normalized spacial score (nSPS) is 26.8. The van der Waals surface area contributed by atoms with E-state index in [0.29, 0.717) is 5.03 Å². The Hall–Kier alpha value is -1.07. The fourth-order valence-corrected chi connectivity index (χ4v) is 2.06. The van der Waals surface area contributed by atoms with E-state index in [9.17, 15) is 14.9 Å². The summed E-state index contributed by atoms with van der Waals surface area (Å²) in [5.41, 5.74) is -0.654. The molecule has 0 amide bonds. The molecule has 0 spiro atoms. The highest BCUT2D eigenvalue weighted by atomic mass is 35.5. The predicted octanol–water partition coefficient (Wildman–Crippen LogP) is 3.24. The molecule has 0 fully saturated rings. The van der Waals surface area contributed by atoms with E-state index in [2.05, 4.69) is 0 Å². The number of halogens is 2. The van der Waals surface area contributed by atoms with Gasteiger partial charge in [0.25, 0.3) is 0 Å². The summed E-state index contributed by atoms with van der Waals surface area (Å²) < 4.78 is 5.13. The summed E-state index contributed by atoms with van der Waals surface area (Å²) >= 11 is 11.8. The summed E-state index contributed by atoms with van der Waals surface area (Å²) in [4.78, 5) is 20.3. The first-order valence-corrected chi connectivity index (χ1v) is 6.42. The van der Waals surface area contributed by atoms with Crippen molar-refractivity contribution in [3.8, 4) is 0 Å². The smallest absolute Gasteiger partial charge is 0.320 e. The number of ether oxygens (including phenoxy) is 1. The largest absolute Gasteiger partial charge is 0.460 e. The summed E-state index contributed by atoms with van der Waals surface area (Å²) in [6.07, 6.45) is 3.73. The summed E-state index contributed by atoms with van der Waals surface area (Å²) in [5.74, 6) is -1.41. The number of carbonyl (C=O) groups is 1. The van der Waals surface area contributed by atoms with Gasteiger partial charge >= 0.3 is 11.0 Å². The lowest BCUT2D eigenvalue weighted by Gasteiger charge is -2.26. The van der Waals surface area contributed by atoms with Crippen LogP contribution >= 0.6 is 23.2 Å². The Labute approximate surface area is 121 Å². The number of alkyl halides is 1. The molecule has 0 saturated heterocycles. The van der Waals surface area contributed by atoms with Crippen molar-refractivity contribution in [2.24, 2.45) is 5.92 Å². The molecule has 0 aliphatic heterocycles. The van der Waals surface area contributed by atoms with Gasteiger partial charge in [-0.2, -0.15) is 0 Å². The van der Waals surface area contributed by atoms with Gasteiger partial charge in [0.15, 0.2) is 0 Å². The molecule has 0 bridgehead atoms. The molecule has 0 N–H and O–H groups in total. The van der Waals surface area contributed by atoms with Gasteiger partial charge in [-0.05, 0) is 38.4 Å². The van der Waals surface area contributed by atoms with Gasteiger partial charge in [0, 0.05) is 16.0 Å². The molecule has 2 atom stereocenters. The van der Waals surface area contributed by atoms with Gasteiger partial charge in [0.1, 0.15) is 5.60 Å². The fourth-order valence-electron chi connectivity index (χ4n) is 1.65. The Kier molecular flexibility index (Phi) is 4.63. The molecule has 1 aliphatic carbocycles. The third-order valence-electron chi connectivity index (χ3n) is 2.44. The zero-order chi connectivity index (χ0) is 14.8. The van der Waals surface area contributed by atoms with Crippen molar-refractivity contribution in [3.63, 3.8) is 0 Å². The van der Waals surface area contributed by atoms with E-state index >= 15 is 0 Å². The van der Waals surface area contributed by atoms with Gasteiger partial charge in [0.05, 0.1) is 12.3 Å². The lowest BCUT2D eigenvalue weighted by molar-refractivity contribution is -0.535. The fraction of sp³-hybridized carbons (Fsp3) is 0.583. The summed E-state index contributed by atoms with van der Waals surface area (Å²) in [6, 6.07) is 0. The average Bonchev–Trinajstić information content (AvgIpc) is 2.20. The van der Waals surface area contributed by atoms with Crippen molar-refractivity contribution in [1.82, 2.24) is 0 Å². The van der Waals surface area contributed by atoms with Crippen LogP contribution in [-0.2, 0) is 9.53 Å². The molecule has 0 heterocycles. The van der Waals surface area contributed by atoms with Crippen molar-refractivity contribution in [3.05, 3.63) is 33.4 Å². The SMILES string of the molecule is CC(C)(C)OC(=O)CC1C=C(Cl)C=CC1(Cl)[N+](=O)[O-]. The standard InChI is InChI=1S/C12H15Cl2NO4/c1-11(2,3)19-10(16)7-8-6-9(13)4-5-12(8,14)15(17)18/h4-6,8H,7H2,1-3H3. The Morgan fingerprint density at radius 2 is 2.16 bits per heavy atom. The molecule has 2 unspecified atom stereocenters. The van der Waals surface area contributed by atoms with Gasteiger partial charge in [-0.3, -0.25) is 14.9 Å². The molecule has 7 heteroatoms. The van der Waals surface area contributed by atoms with Crippen molar-refractivity contribution >= 4 is 29.2 Å². The van der Waals surface area contributed by atoms with Crippen molar-refractivity contribution in [1.29, 1.82) is 0 Å². The molecular weight excluding hydrogens is 293 g/mol. The minimum absolute atomic E-state index is 0.206. The number of rotatable bonds is 3. The number of esters is 1. The zero-order valence-electron chi connectivity index (χ0n) is 10.9. The van der Waals surface area contributed by atoms with Crippen LogP contribution in [0.4, 0.5) is 0 Å². The van der Waals surface area contributed by atoms with Gasteiger partial charge in [-0.15, -0.1) is 0 Å². The number of hydrogen-bond acceptors (Lipinski definition) is 4. The molecule has 0 radical (unpaired) electrons. The summed E-state index contributed by atoms with van der Waals surface area (Å²) in [7, 11) is 0. The highest BCUT2D eigenvalue weighted by molar-refractivity contribution is 6.32. The quantitative estimate of drug-likeness (QED) is 0.264. The number of hydrogen-bond donors (Lipinski definition) is 0. The van der Waals surface area contributed by atoms with E-state index in [4.69, 9.17) is 27.9 Å². The van der Waals surface area contributed by atoms with Crippen LogP contribution in [0.1, 0.15) is 27.2 Å². The zero-order valence-corrected chi connectivity index (χ0v) is 12.4. The maximum absolute atomic E-state index is 11.7. The molecular formula is C12H15Cl2NO4. The number of nitrogens with zero attached hydrogens (tertiary/aromatic N) is 1. The minimum Gasteiger partial charge on any atom is -0.460 e. The van der Waals surface area contributed by atoms with Gasteiger partial charge in [-0.1, -0.05) is 17.7 Å². The molecule has 0 saturated carbocycles. The molecule has 106 valence electrons. The van der Waals surface area contributed by atoms with Crippen LogP contribution in [0.15, 0.2) is 23.3 Å². The second-order valence-corrected chi connectivity index (χ2v) is 6.31. The highest BCUT2D eigenvalue weighted by Gasteiger charge is 2.48. The molecule has 19 heavy (non-hydrogen) atoms. The van der Waals surface area contributed by atoms with Gasteiger partial charge < -0.3 is 4.74 Å². The number of nitro groups is 1. The molecule has 1 rings (SSSR count). The van der Waals surface area contributed by atoms with Crippen LogP contribution in [0.25, 0.3) is 0 Å². The summed E-state index contributed by atoms with van der Waals surface area (Å²) in [5, 5.41) is 11.4. The van der Waals surface area contributed by atoms with Crippen LogP contribution in [0.3, 0.4) is 0 Å². The second kappa shape index (κ2) is 5.51. The molecule has 0 aromatic heterocycles. The Morgan fingerprint density at radius 1 is 1.58 bits per heavy atom. The Morgan fingerprint density at radius 3 is 2.63 bits per heavy atom. The van der Waals surface area contributed by atoms with E-state index < -0.39 is 27.4 Å². The molecule has 0 aromatic carbocycles. The van der Waals surface area contributed by atoms with Crippen molar-refractivity contribution in [2.75, 3.05) is 0 Å². The van der Waals surface area contributed by atoms with E-state index in [1.807, 2.05) is 0 Å². The third-order valence-corrected chi connectivity index (χ3v) is 3.24. The van der Waals surface area contributed by atoms with Crippen LogP contribution in [0.2, 0.25) is 0 Å². The topological polar surface area (TPSA) is 69.4 Å². The second-order valence-electron chi connectivity index (χ2n) is 5.27. The number of carbonyl (C=O) groups excluding carboxylic acids is 1. The highest BCUT2D eigenvalue weighted by Crippen LogP contribution is 2.37. The lowest BCUT2D eigenvalue weighted by atomic mass is 9.91. The van der Waals surface area contributed by atoms with Crippen LogP contribution in [0.5, 0.6) is 0 Å². The minimum atomic E-state index is -1.87. The number of allylic oxidation sites excluding steroid dienone is 2. The maximum atomic E-state index is 11.7. The average molecular weight is 308 g/mol. The Balaban J connectivity index is 2.87. The van der Waals surface area contributed by atoms with E-state index in [-0.39, 0.29) is 6.42 Å². The van der Waals surface area contributed by atoms with E-state index in [1.165, 1.54) is 18.2 Å². The molecule has 1 aliphatic rings.